The predicted octanol–water partition coefficient (Wildman–Crippen LogP) is 1.23. The Hall–Kier alpha value is -1.92. The van der Waals surface area contributed by atoms with Crippen molar-refractivity contribution < 1.29 is 19.1 Å². The second-order valence-corrected chi connectivity index (χ2v) is 6.89. The summed E-state index contributed by atoms with van der Waals surface area (Å²) in [5.74, 6) is 0.0247. The van der Waals surface area contributed by atoms with E-state index >= 15 is 0 Å². The molecule has 0 N–H and O–H groups in total. The minimum Gasteiger partial charge on any atom is -0.377 e. The molecule has 0 aliphatic carbocycles. The fraction of sp³-hybridized carbons (Fsp3) is 0.579. The quantitative estimate of drug-likeness (QED) is 0.826. The average molecular weight is 346 g/mol. The van der Waals surface area contributed by atoms with Gasteiger partial charge in [-0.15, -0.1) is 0 Å². The van der Waals surface area contributed by atoms with Crippen LogP contribution in [0.5, 0.6) is 0 Å². The van der Waals surface area contributed by atoms with E-state index in [9.17, 15) is 9.59 Å². The van der Waals surface area contributed by atoms with Gasteiger partial charge in [-0.3, -0.25) is 9.59 Å². The summed E-state index contributed by atoms with van der Waals surface area (Å²) in [7, 11) is 1.59. The van der Waals surface area contributed by atoms with Crippen LogP contribution in [0.4, 0.5) is 0 Å². The molecule has 0 aromatic heterocycles. The lowest BCUT2D eigenvalue weighted by Gasteiger charge is -2.36. The van der Waals surface area contributed by atoms with E-state index in [0.29, 0.717) is 39.4 Å². The number of carbonyl (C=O) groups excluding carboxylic acids is 2. The van der Waals surface area contributed by atoms with E-state index in [1.54, 1.807) is 12.0 Å². The van der Waals surface area contributed by atoms with Crippen LogP contribution in [0, 0.1) is 0 Å². The Bertz CT molecular complexity index is 648. The fourth-order valence-electron chi connectivity index (χ4n) is 3.57. The molecule has 2 aliphatic rings. The molecular formula is C19H26N2O4. The van der Waals surface area contributed by atoms with Crippen LogP contribution >= 0.6 is 0 Å². The molecule has 3 rings (SSSR count). The minimum absolute atomic E-state index is 0.0220. The molecule has 2 heterocycles. The molecular weight excluding hydrogens is 320 g/mol. The highest BCUT2D eigenvalue weighted by atomic mass is 16.5. The molecule has 2 aliphatic heterocycles. The van der Waals surface area contributed by atoms with Crippen molar-refractivity contribution in [1.29, 1.82) is 0 Å². The Balaban J connectivity index is 1.70. The van der Waals surface area contributed by atoms with Crippen LogP contribution in [-0.4, -0.2) is 67.2 Å². The maximum Gasteiger partial charge on any atom is 0.225 e. The summed E-state index contributed by atoms with van der Waals surface area (Å²) in [4.78, 5) is 28.3. The van der Waals surface area contributed by atoms with Crippen LogP contribution in [0.2, 0.25) is 0 Å². The molecule has 0 bridgehead atoms. The number of hydrogen-bond acceptors (Lipinski definition) is 4. The summed E-state index contributed by atoms with van der Waals surface area (Å²) in [5, 5.41) is 0. The maximum atomic E-state index is 12.9. The van der Waals surface area contributed by atoms with Gasteiger partial charge < -0.3 is 19.3 Å². The van der Waals surface area contributed by atoms with Crippen LogP contribution in [0.25, 0.3) is 0 Å². The number of hydrogen-bond donors (Lipinski definition) is 0. The molecule has 1 saturated heterocycles. The van der Waals surface area contributed by atoms with Gasteiger partial charge >= 0.3 is 0 Å². The molecule has 0 saturated carbocycles. The van der Waals surface area contributed by atoms with Crippen LogP contribution in [0.15, 0.2) is 24.3 Å². The molecule has 0 unspecified atom stereocenters. The van der Waals surface area contributed by atoms with Gasteiger partial charge in [-0.25, -0.2) is 0 Å². The highest BCUT2D eigenvalue weighted by Gasteiger charge is 2.39. The van der Waals surface area contributed by atoms with E-state index in [-0.39, 0.29) is 18.2 Å². The third-order valence-electron chi connectivity index (χ3n) is 5.18. The number of amides is 2. The Morgan fingerprint density at radius 3 is 2.68 bits per heavy atom. The Morgan fingerprint density at radius 1 is 1.20 bits per heavy atom. The normalized spacial score (nSPS) is 23.8. The molecule has 6 heteroatoms. The monoisotopic (exact) mass is 346 g/mol. The van der Waals surface area contributed by atoms with E-state index in [4.69, 9.17) is 9.47 Å². The number of fused-ring (bicyclic) bond motifs is 1. The number of rotatable bonds is 3. The number of ether oxygens (including phenoxy) is 2. The summed E-state index contributed by atoms with van der Waals surface area (Å²) < 4.78 is 11.3. The van der Waals surface area contributed by atoms with Gasteiger partial charge in [0.1, 0.15) is 5.60 Å². The lowest BCUT2D eigenvalue weighted by molar-refractivity contribution is -0.146. The van der Waals surface area contributed by atoms with Gasteiger partial charge in [0.05, 0.1) is 26.2 Å². The molecule has 1 aromatic carbocycles. The Labute approximate surface area is 148 Å². The van der Waals surface area contributed by atoms with Gasteiger partial charge in [0.2, 0.25) is 11.8 Å². The number of nitrogens with zero attached hydrogens (tertiary/aromatic N) is 2. The smallest absolute Gasteiger partial charge is 0.225 e. The third kappa shape index (κ3) is 4.02. The number of carbonyl (C=O) groups is 2. The summed E-state index contributed by atoms with van der Waals surface area (Å²) in [6.07, 6.45) is 1.09. The SMILES string of the molecule is CO[C@]1(CC(=O)N2CCc3ccccc3C2)COCCN(C(C)=O)C1. The first kappa shape index (κ1) is 17.9. The second-order valence-electron chi connectivity index (χ2n) is 6.89. The van der Waals surface area contributed by atoms with Gasteiger partial charge in [-0.2, -0.15) is 0 Å². The zero-order chi connectivity index (χ0) is 17.9. The van der Waals surface area contributed by atoms with Crippen LogP contribution < -0.4 is 0 Å². The largest absolute Gasteiger partial charge is 0.377 e. The van der Waals surface area contributed by atoms with Crippen LogP contribution in [-0.2, 0) is 32.0 Å². The Morgan fingerprint density at radius 2 is 1.96 bits per heavy atom. The number of methoxy groups -OCH3 is 1. The highest BCUT2D eigenvalue weighted by Crippen LogP contribution is 2.25. The van der Waals surface area contributed by atoms with Gasteiger partial charge in [0, 0.05) is 33.7 Å². The molecule has 0 radical (unpaired) electrons. The molecule has 25 heavy (non-hydrogen) atoms. The average Bonchev–Trinajstić information content (AvgIpc) is 2.84. The van der Waals surface area contributed by atoms with Crippen molar-refractivity contribution in [3.05, 3.63) is 35.4 Å². The second kappa shape index (κ2) is 7.54. The van der Waals surface area contributed by atoms with Gasteiger partial charge in [-0.05, 0) is 17.5 Å². The molecule has 6 nitrogen and oxygen atoms in total. The summed E-state index contributed by atoms with van der Waals surface area (Å²) in [5.41, 5.74) is 1.74. The van der Waals surface area contributed by atoms with Gasteiger partial charge in [0.25, 0.3) is 0 Å². The van der Waals surface area contributed by atoms with Crippen molar-refractivity contribution >= 4 is 11.8 Å². The fourth-order valence-corrected chi connectivity index (χ4v) is 3.57. The van der Waals surface area contributed by atoms with E-state index in [1.807, 2.05) is 17.0 Å². The summed E-state index contributed by atoms with van der Waals surface area (Å²) in [6.45, 7) is 4.59. The van der Waals surface area contributed by atoms with Crippen molar-refractivity contribution in [3.63, 3.8) is 0 Å². The minimum atomic E-state index is -0.782. The van der Waals surface area contributed by atoms with Crippen molar-refractivity contribution in [1.82, 2.24) is 9.80 Å². The van der Waals surface area contributed by atoms with Crippen molar-refractivity contribution in [3.8, 4) is 0 Å². The van der Waals surface area contributed by atoms with E-state index in [1.165, 1.54) is 18.1 Å². The first-order chi connectivity index (χ1) is 12.0. The Kier molecular flexibility index (Phi) is 5.39. The standard InChI is InChI=1S/C19H26N2O4/c1-15(22)21-9-10-25-14-19(13-21,24-2)11-18(23)20-8-7-16-5-3-4-6-17(16)12-20/h3-6H,7-14H2,1-2H3/t19-/m0/s1. The zero-order valence-corrected chi connectivity index (χ0v) is 15.0. The molecule has 1 fully saturated rings. The maximum absolute atomic E-state index is 12.9. The molecule has 1 atom stereocenters. The first-order valence-corrected chi connectivity index (χ1v) is 8.76. The molecule has 0 spiro atoms. The van der Waals surface area contributed by atoms with Crippen LogP contribution in [0.1, 0.15) is 24.5 Å². The molecule has 136 valence electrons. The summed E-state index contributed by atoms with van der Waals surface area (Å²) in [6, 6.07) is 8.24. The number of benzene rings is 1. The molecule has 1 aromatic rings. The van der Waals surface area contributed by atoms with Gasteiger partial charge in [-0.1, -0.05) is 24.3 Å². The predicted molar refractivity (Wildman–Crippen MR) is 93.0 cm³/mol. The zero-order valence-electron chi connectivity index (χ0n) is 15.0. The van der Waals surface area contributed by atoms with Gasteiger partial charge in [0.15, 0.2) is 0 Å². The summed E-state index contributed by atoms with van der Waals surface area (Å²) >= 11 is 0. The lowest BCUT2D eigenvalue weighted by Crippen LogP contribution is -2.51. The highest BCUT2D eigenvalue weighted by molar-refractivity contribution is 5.78. The molecule has 2 amide bonds. The van der Waals surface area contributed by atoms with Crippen molar-refractivity contribution in [2.45, 2.75) is 31.9 Å². The third-order valence-corrected chi connectivity index (χ3v) is 5.18. The van der Waals surface area contributed by atoms with E-state index in [2.05, 4.69) is 12.1 Å². The van der Waals surface area contributed by atoms with E-state index < -0.39 is 5.60 Å². The van der Waals surface area contributed by atoms with Crippen molar-refractivity contribution in [2.24, 2.45) is 0 Å². The lowest BCUT2D eigenvalue weighted by atomic mass is 9.96. The van der Waals surface area contributed by atoms with Crippen LogP contribution in [0.3, 0.4) is 0 Å². The van der Waals surface area contributed by atoms with E-state index in [0.717, 1.165) is 6.42 Å². The first-order valence-electron chi connectivity index (χ1n) is 8.76. The topological polar surface area (TPSA) is 59.1 Å². The van der Waals surface area contributed by atoms with Crippen molar-refractivity contribution in [2.75, 3.05) is 40.0 Å².